The van der Waals surface area contributed by atoms with E-state index >= 15 is 0 Å². The number of nitro benzene ring substituents is 2. The van der Waals surface area contributed by atoms with Crippen molar-refractivity contribution < 1.29 is 39.7 Å². The molecule has 166 valence electrons. The lowest BCUT2D eigenvalue weighted by molar-refractivity contribution is -0.422. The maximum absolute atomic E-state index is 11.1. The van der Waals surface area contributed by atoms with Crippen molar-refractivity contribution in [3.63, 3.8) is 0 Å². The molecule has 5 unspecified atom stereocenters. The smallest absolute Gasteiger partial charge is 0.348 e. The average Bonchev–Trinajstić information content (AvgIpc) is 2.75. The van der Waals surface area contributed by atoms with E-state index in [0.29, 0.717) is 5.69 Å². The maximum atomic E-state index is 11.1. The second-order valence-corrected chi connectivity index (χ2v) is 6.68. The van der Waals surface area contributed by atoms with Crippen LogP contribution in [0.5, 0.6) is 5.75 Å². The zero-order valence-corrected chi connectivity index (χ0v) is 15.8. The van der Waals surface area contributed by atoms with Crippen molar-refractivity contribution in [1.82, 2.24) is 0 Å². The lowest BCUT2D eigenvalue weighted by atomic mass is 9.99. The molecule has 0 saturated carbocycles. The van der Waals surface area contributed by atoms with Gasteiger partial charge in [0.2, 0.25) is 6.29 Å². The lowest BCUT2D eigenvalue weighted by Crippen LogP contribution is -2.60. The Kier molecular flexibility index (Phi) is 6.62. The van der Waals surface area contributed by atoms with E-state index in [2.05, 4.69) is 5.32 Å². The van der Waals surface area contributed by atoms with Crippen LogP contribution in [0, 0.1) is 20.2 Å². The normalized spacial score (nSPS) is 25.6. The van der Waals surface area contributed by atoms with Gasteiger partial charge in [0.05, 0.1) is 16.5 Å². The predicted molar refractivity (Wildman–Crippen MR) is 104 cm³/mol. The standard InChI is InChI=1S/C18H19N3O10/c22-8-14-15(23)16(24)17(25)18(31-14)30-11-4-1-9(2-5-11)19-10-3-6-12(20(26)27)13(7-10)21(28)29/h1-7,14-19,22-25H,8H2. The average molecular weight is 437 g/mol. The number of aliphatic hydroxyl groups is 4. The van der Waals surface area contributed by atoms with Gasteiger partial charge in [0, 0.05) is 23.5 Å². The van der Waals surface area contributed by atoms with Gasteiger partial charge in [-0.1, -0.05) is 0 Å². The van der Waals surface area contributed by atoms with Crippen molar-refractivity contribution >= 4 is 22.7 Å². The summed E-state index contributed by atoms with van der Waals surface area (Å²) in [5.41, 5.74) is -0.555. The van der Waals surface area contributed by atoms with Crippen LogP contribution in [-0.4, -0.2) is 67.6 Å². The molecule has 1 saturated heterocycles. The number of benzene rings is 2. The third-order valence-corrected chi connectivity index (χ3v) is 4.61. The largest absolute Gasteiger partial charge is 0.462 e. The minimum Gasteiger partial charge on any atom is -0.462 e. The summed E-state index contributed by atoms with van der Waals surface area (Å²) < 4.78 is 10.7. The molecular formula is C18H19N3O10. The molecule has 31 heavy (non-hydrogen) atoms. The van der Waals surface area contributed by atoms with Gasteiger partial charge in [0.25, 0.3) is 0 Å². The molecule has 1 fully saturated rings. The summed E-state index contributed by atoms with van der Waals surface area (Å²) in [7, 11) is 0. The highest BCUT2D eigenvalue weighted by atomic mass is 16.7. The highest BCUT2D eigenvalue weighted by Crippen LogP contribution is 2.31. The highest BCUT2D eigenvalue weighted by Gasteiger charge is 2.44. The van der Waals surface area contributed by atoms with Gasteiger partial charge in [-0.3, -0.25) is 20.2 Å². The second kappa shape index (κ2) is 9.20. The molecule has 3 rings (SSSR count). The molecule has 13 nitrogen and oxygen atoms in total. The fraction of sp³-hybridized carbons (Fsp3) is 0.333. The molecule has 0 spiro atoms. The molecule has 0 amide bonds. The van der Waals surface area contributed by atoms with Gasteiger partial charge < -0.3 is 35.2 Å². The molecule has 1 aliphatic heterocycles. The number of hydrogen-bond acceptors (Lipinski definition) is 11. The number of nitrogens with one attached hydrogen (secondary N) is 1. The van der Waals surface area contributed by atoms with Gasteiger partial charge in [-0.2, -0.15) is 0 Å². The first kappa shape index (κ1) is 22.3. The first-order valence-corrected chi connectivity index (χ1v) is 8.98. The zero-order chi connectivity index (χ0) is 22.7. The van der Waals surface area contributed by atoms with E-state index < -0.39 is 58.5 Å². The van der Waals surface area contributed by atoms with Gasteiger partial charge in [0.1, 0.15) is 30.2 Å². The third kappa shape index (κ3) is 4.87. The van der Waals surface area contributed by atoms with Crippen molar-refractivity contribution in [1.29, 1.82) is 0 Å². The predicted octanol–water partition coefficient (Wildman–Crippen LogP) is 0.425. The van der Waals surface area contributed by atoms with Crippen LogP contribution in [0.1, 0.15) is 0 Å². The first-order chi connectivity index (χ1) is 14.7. The van der Waals surface area contributed by atoms with Gasteiger partial charge in [-0.15, -0.1) is 0 Å². The summed E-state index contributed by atoms with van der Waals surface area (Å²) in [6.45, 7) is -0.588. The van der Waals surface area contributed by atoms with Crippen molar-refractivity contribution in [3.05, 3.63) is 62.7 Å². The van der Waals surface area contributed by atoms with Gasteiger partial charge in [0.15, 0.2) is 0 Å². The lowest BCUT2D eigenvalue weighted by Gasteiger charge is -2.39. The van der Waals surface area contributed by atoms with Crippen LogP contribution in [0.15, 0.2) is 42.5 Å². The van der Waals surface area contributed by atoms with Crippen molar-refractivity contribution in [2.45, 2.75) is 30.7 Å². The molecule has 1 heterocycles. The molecule has 0 aliphatic carbocycles. The molecule has 5 atom stereocenters. The Bertz CT molecular complexity index is 952. The zero-order valence-electron chi connectivity index (χ0n) is 15.8. The summed E-state index contributed by atoms with van der Waals surface area (Å²) >= 11 is 0. The van der Waals surface area contributed by atoms with Gasteiger partial charge in [-0.05, 0) is 30.3 Å². The summed E-state index contributed by atoms with van der Waals surface area (Å²) in [5, 5.41) is 63.6. The number of ether oxygens (including phenoxy) is 2. The number of nitro groups is 2. The van der Waals surface area contributed by atoms with Crippen molar-refractivity contribution in [2.24, 2.45) is 0 Å². The van der Waals surface area contributed by atoms with E-state index in [-0.39, 0.29) is 11.4 Å². The fourth-order valence-electron chi connectivity index (χ4n) is 2.98. The van der Waals surface area contributed by atoms with E-state index in [9.17, 15) is 40.7 Å². The van der Waals surface area contributed by atoms with Gasteiger partial charge >= 0.3 is 11.4 Å². The van der Waals surface area contributed by atoms with E-state index in [1.54, 1.807) is 0 Å². The Morgan fingerprint density at radius 2 is 1.52 bits per heavy atom. The Balaban J connectivity index is 1.70. The number of nitrogens with zero attached hydrogens (tertiary/aromatic N) is 2. The van der Waals surface area contributed by atoms with E-state index in [1.165, 1.54) is 30.3 Å². The maximum Gasteiger partial charge on any atom is 0.348 e. The van der Waals surface area contributed by atoms with Crippen molar-refractivity contribution in [2.75, 3.05) is 11.9 Å². The van der Waals surface area contributed by atoms with Crippen molar-refractivity contribution in [3.8, 4) is 5.75 Å². The van der Waals surface area contributed by atoms with Gasteiger partial charge in [-0.25, -0.2) is 0 Å². The van der Waals surface area contributed by atoms with E-state index in [0.717, 1.165) is 12.1 Å². The molecule has 13 heteroatoms. The minimum absolute atomic E-state index is 0.226. The Morgan fingerprint density at radius 1 is 0.903 bits per heavy atom. The molecule has 0 bridgehead atoms. The van der Waals surface area contributed by atoms with Crippen LogP contribution in [-0.2, 0) is 4.74 Å². The van der Waals surface area contributed by atoms with Crippen LogP contribution in [0.25, 0.3) is 0 Å². The number of hydrogen-bond donors (Lipinski definition) is 5. The first-order valence-electron chi connectivity index (χ1n) is 8.98. The van der Waals surface area contributed by atoms with E-state index in [1.807, 2.05) is 0 Å². The molecule has 2 aromatic carbocycles. The molecular weight excluding hydrogens is 418 g/mol. The summed E-state index contributed by atoms with van der Waals surface area (Å²) in [6, 6.07) is 9.41. The summed E-state index contributed by atoms with van der Waals surface area (Å²) in [4.78, 5) is 20.3. The second-order valence-electron chi connectivity index (χ2n) is 6.68. The SMILES string of the molecule is O=[N+]([O-])c1ccc(Nc2ccc(OC3OC(CO)C(O)C(O)C3O)cc2)cc1[N+](=O)[O-]. The topological polar surface area (TPSA) is 198 Å². The van der Waals surface area contributed by atoms with Crippen LogP contribution >= 0.6 is 0 Å². The Labute approximate surface area is 174 Å². The Morgan fingerprint density at radius 3 is 2.10 bits per heavy atom. The quantitative estimate of drug-likeness (QED) is 0.297. The minimum atomic E-state index is -1.57. The van der Waals surface area contributed by atoms with Crippen LogP contribution in [0.3, 0.4) is 0 Å². The summed E-state index contributed by atoms with van der Waals surface area (Å²) in [6.07, 6.45) is -7.09. The molecule has 5 N–H and O–H groups in total. The molecule has 2 aromatic rings. The molecule has 1 aliphatic rings. The summed E-state index contributed by atoms with van der Waals surface area (Å²) in [5.74, 6) is 0.226. The number of rotatable bonds is 7. The number of aliphatic hydroxyl groups excluding tert-OH is 4. The molecule has 0 aromatic heterocycles. The number of anilines is 2. The third-order valence-electron chi connectivity index (χ3n) is 4.61. The van der Waals surface area contributed by atoms with E-state index in [4.69, 9.17) is 9.47 Å². The highest BCUT2D eigenvalue weighted by molar-refractivity contribution is 5.67. The fourth-order valence-corrected chi connectivity index (χ4v) is 2.98. The molecule has 0 radical (unpaired) electrons. The monoisotopic (exact) mass is 437 g/mol. The Hall–Kier alpha value is -3.36. The van der Waals surface area contributed by atoms with Crippen LogP contribution < -0.4 is 10.1 Å². The van der Waals surface area contributed by atoms with Crippen LogP contribution in [0.4, 0.5) is 22.7 Å². The van der Waals surface area contributed by atoms with Crippen LogP contribution in [0.2, 0.25) is 0 Å².